The predicted molar refractivity (Wildman–Crippen MR) is 76.5 cm³/mol. The van der Waals surface area contributed by atoms with Crippen molar-refractivity contribution in [2.24, 2.45) is 0 Å². The van der Waals surface area contributed by atoms with Gasteiger partial charge in [-0.1, -0.05) is 38.1 Å². The van der Waals surface area contributed by atoms with Crippen LogP contribution in [-0.4, -0.2) is 12.6 Å². The fourth-order valence-corrected chi connectivity index (χ4v) is 2.22. The average Bonchev–Trinajstić information content (AvgIpc) is 2.94. The molecule has 0 N–H and O–H groups in total. The van der Waals surface area contributed by atoms with Gasteiger partial charge in [-0.15, -0.1) is 0 Å². The van der Waals surface area contributed by atoms with Crippen LogP contribution in [0.3, 0.4) is 0 Å². The van der Waals surface area contributed by atoms with Gasteiger partial charge in [-0.25, -0.2) is 0 Å². The van der Waals surface area contributed by atoms with Crippen molar-refractivity contribution >= 4 is 5.78 Å². The SMILES string of the molecule is CC(C)c1ccc(C(=O)c2ccc3c(c2)OCO3)cc1. The summed E-state index contributed by atoms with van der Waals surface area (Å²) in [4.78, 5) is 12.4. The molecular weight excluding hydrogens is 252 g/mol. The standard InChI is InChI=1S/C17H16O3/c1-11(2)12-3-5-13(6-4-12)17(18)14-7-8-15-16(9-14)20-10-19-15/h3-9,11H,10H2,1-2H3. The minimum absolute atomic E-state index is 0.00129. The third-order valence-corrected chi connectivity index (χ3v) is 3.47. The average molecular weight is 268 g/mol. The molecule has 0 aromatic heterocycles. The lowest BCUT2D eigenvalue weighted by molar-refractivity contribution is 0.103. The number of hydrogen-bond donors (Lipinski definition) is 0. The van der Waals surface area contributed by atoms with Gasteiger partial charge in [0.25, 0.3) is 0 Å². The van der Waals surface area contributed by atoms with Gasteiger partial charge >= 0.3 is 0 Å². The number of rotatable bonds is 3. The Labute approximate surface area is 118 Å². The minimum atomic E-state index is -0.00129. The molecule has 20 heavy (non-hydrogen) atoms. The van der Waals surface area contributed by atoms with Gasteiger partial charge in [-0.05, 0) is 29.7 Å². The van der Waals surface area contributed by atoms with Crippen LogP contribution in [0.2, 0.25) is 0 Å². The van der Waals surface area contributed by atoms with Crippen molar-refractivity contribution in [3.05, 3.63) is 59.2 Å². The highest BCUT2D eigenvalue weighted by molar-refractivity contribution is 6.09. The molecule has 2 aromatic rings. The first-order valence-electron chi connectivity index (χ1n) is 6.69. The summed E-state index contributed by atoms with van der Waals surface area (Å²) in [5, 5.41) is 0. The largest absolute Gasteiger partial charge is 0.454 e. The summed E-state index contributed by atoms with van der Waals surface area (Å²) in [7, 11) is 0. The van der Waals surface area contributed by atoms with Crippen molar-refractivity contribution in [2.45, 2.75) is 19.8 Å². The summed E-state index contributed by atoms with van der Waals surface area (Å²) in [6.07, 6.45) is 0. The Morgan fingerprint density at radius 2 is 1.60 bits per heavy atom. The first-order chi connectivity index (χ1) is 9.65. The van der Waals surface area contributed by atoms with Crippen LogP contribution in [0.15, 0.2) is 42.5 Å². The molecule has 0 aliphatic carbocycles. The lowest BCUT2D eigenvalue weighted by Gasteiger charge is -2.07. The molecule has 1 heterocycles. The van der Waals surface area contributed by atoms with E-state index < -0.39 is 0 Å². The van der Waals surface area contributed by atoms with Crippen LogP contribution in [0.4, 0.5) is 0 Å². The second kappa shape index (κ2) is 5.00. The summed E-state index contributed by atoms with van der Waals surface area (Å²) >= 11 is 0. The third-order valence-electron chi connectivity index (χ3n) is 3.47. The number of carbonyl (C=O) groups excluding carboxylic acids is 1. The summed E-state index contributed by atoms with van der Waals surface area (Å²) in [6, 6.07) is 13.0. The van der Waals surface area contributed by atoms with Gasteiger partial charge in [0.1, 0.15) is 0 Å². The van der Waals surface area contributed by atoms with Crippen LogP contribution in [0, 0.1) is 0 Å². The lowest BCUT2D eigenvalue weighted by Crippen LogP contribution is -2.01. The molecule has 0 radical (unpaired) electrons. The zero-order valence-electron chi connectivity index (χ0n) is 11.6. The molecule has 2 aromatic carbocycles. The Morgan fingerprint density at radius 1 is 0.950 bits per heavy atom. The molecular formula is C17H16O3. The van der Waals surface area contributed by atoms with Gasteiger partial charge in [0, 0.05) is 11.1 Å². The molecule has 0 bridgehead atoms. The van der Waals surface area contributed by atoms with Gasteiger partial charge < -0.3 is 9.47 Å². The number of benzene rings is 2. The van der Waals surface area contributed by atoms with E-state index in [0.717, 1.165) is 0 Å². The fourth-order valence-electron chi connectivity index (χ4n) is 2.22. The van der Waals surface area contributed by atoms with Crippen LogP contribution in [0.5, 0.6) is 11.5 Å². The normalized spacial score (nSPS) is 12.8. The first kappa shape index (κ1) is 12.7. The molecule has 1 aliphatic rings. The van der Waals surface area contributed by atoms with Crippen molar-refractivity contribution in [1.29, 1.82) is 0 Å². The number of ether oxygens (including phenoxy) is 2. The fraction of sp³-hybridized carbons (Fsp3) is 0.235. The minimum Gasteiger partial charge on any atom is -0.454 e. The Kier molecular flexibility index (Phi) is 3.18. The lowest BCUT2D eigenvalue weighted by atomic mass is 9.98. The molecule has 0 saturated heterocycles. The van der Waals surface area contributed by atoms with Crippen molar-refractivity contribution in [3.8, 4) is 11.5 Å². The molecule has 0 fully saturated rings. The Bertz CT molecular complexity index is 642. The maximum absolute atomic E-state index is 12.4. The molecule has 0 amide bonds. The summed E-state index contributed by atoms with van der Waals surface area (Å²) < 4.78 is 10.5. The van der Waals surface area contributed by atoms with Crippen molar-refractivity contribution in [3.63, 3.8) is 0 Å². The van der Waals surface area contributed by atoms with Gasteiger partial charge in [-0.3, -0.25) is 4.79 Å². The van der Waals surface area contributed by atoms with Crippen LogP contribution in [0.25, 0.3) is 0 Å². The van der Waals surface area contributed by atoms with E-state index in [2.05, 4.69) is 13.8 Å². The molecule has 0 atom stereocenters. The van der Waals surface area contributed by atoms with Gasteiger partial charge in [0.2, 0.25) is 6.79 Å². The summed E-state index contributed by atoms with van der Waals surface area (Å²) in [6.45, 7) is 4.49. The topological polar surface area (TPSA) is 35.5 Å². The van der Waals surface area contributed by atoms with Crippen molar-refractivity contribution < 1.29 is 14.3 Å². The monoisotopic (exact) mass is 268 g/mol. The second-order valence-electron chi connectivity index (χ2n) is 5.17. The van der Waals surface area contributed by atoms with E-state index in [4.69, 9.17) is 9.47 Å². The molecule has 0 unspecified atom stereocenters. The summed E-state index contributed by atoms with van der Waals surface area (Å²) in [5.74, 6) is 1.79. The van der Waals surface area contributed by atoms with E-state index in [9.17, 15) is 4.79 Å². The van der Waals surface area contributed by atoms with Crippen LogP contribution >= 0.6 is 0 Å². The molecule has 1 aliphatic heterocycles. The smallest absolute Gasteiger partial charge is 0.231 e. The molecule has 3 nitrogen and oxygen atoms in total. The molecule has 0 saturated carbocycles. The molecule has 102 valence electrons. The second-order valence-corrected chi connectivity index (χ2v) is 5.17. The zero-order valence-corrected chi connectivity index (χ0v) is 11.6. The highest BCUT2D eigenvalue weighted by atomic mass is 16.7. The maximum atomic E-state index is 12.4. The molecule has 3 rings (SSSR count). The highest BCUT2D eigenvalue weighted by Gasteiger charge is 2.17. The van der Waals surface area contributed by atoms with E-state index in [1.165, 1.54) is 5.56 Å². The number of fused-ring (bicyclic) bond motifs is 1. The third kappa shape index (κ3) is 2.27. The van der Waals surface area contributed by atoms with Gasteiger partial charge in [0.05, 0.1) is 0 Å². The van der Waals surface area contributed by atoms with E-state index in [1.807, 2.05) is 24.3 Å². The highest BCUT2D eigenvalue weighted by Crippen LogP contribution is 2.33. The van der Waals surface area contributed by atoms with Crippen LogP contribution in [-0.2, 0) is 0 Å². The molecule has 3 heteroatoms. The zero-order chi connectivity index (χ0) is 14.1. The van der Waals surface area contributed by atoms with E-state index in [0.29, 0.717) is 28.5 Å². The van der Waals surface area contributed by atoms with Crippen LogP contribution < -0.4 is 9.47 Å². The Morgan fingerprint density at radius 3 is 2.30 bits per heavy atom. The Balaban J connectivity index is 1.88. The number of hydrogen-bond acceptors (Lipinski definition) is 3. The number of ketones is 1. The Hall–Kier alpha value is -2.29. The quantitative estimate of drug-likeness (QED) is 0.795. The predicted octanol–water partition coefficient (Wildman–Crippen LogP) is 3.77. The maximum Gasteiger partial charge on any atom is 0.231 e. The van der Waals surface area contributed by atoms with Crippen molar-refractivity contribution in [2.75, 3.05) is 6.79 Å². The first-order valence-corrected chi connectivity index (χ1v) is 6.69. The number of carbonyl (C=O) groups is 1. The van der Waals surface area contributed by atoms with Crippen molar-refractivity contribution in [1.82, 2.24) is 0 Å². The molecule has 0 spiro atoms. The van der Waals surface area contributed by atoms with E-state index >= 15 is 0 Å². The van der Waals surface area contributed by atoms with Gasteiger partial charge in [-0.2, -0.15) is 0 Å². The summed E-state index contributed by atoms with van der Waals surface area (Å²) in [5.41, 5.74) is 2.53. The van der Waals surface area contributed by atoms with Gasteiger partial charge in [0.15, 0.2) is 17.3 Å². The van der Waals surface area contributed by atoms with E-state index in [1.54, 1.807) is 18.2 Å². The van der Waals surface area contributed by atoms with Crippen LogP contribution in [0.1, 0.15) is 41.3 Å². The van der Waals surface area contributed by atoms with E-state index in [-0.39, 0.29) is 12.6 Å².